The summed E-state index contributed by atoms with van der Waals surface area (Å²) < 4.78 is 14.7. The van der Waals surface area contributed by atoms with Gasteiger partial charge in [-0.2, -0.15) is 0 Å². The van der Waals surface area contributed by atoms with Crippen molar-refractivity contribution in [1.82, 2.24) is 5.32 Å². The Hall–Kier alpha value is -1.83. The molecule has 0 spiro atoms. The Morgan fingerprint density at radius 3 is 1.92 bits per heavy atom. The van der Waals surface area contributed by atoms with Crippen molar-refractivity contribution in [2.75, 3.05) is 14.2 Å². The zero-order valence-electron chi connectivity index (χ0n) is 16.3. The number of nitrogens with one attached hydrogen (secondary N) is 1. The van der Waals surface area contributed by atoms with Crippen molar-refractivity contribution < 1.29 is 28.6 Å². The molecule has 0 bridgehead atoms. The van der Waals surface area contributed by atoms with Crippen LogP contribution in [-0.4, -0.2) is 49.4 Å². The summed E-state index contributed by atoms with van der Waals surface area (Å²) in [6, 6.07) is -1.02. The highest BCUT2D eigenvalue weighted by molar-refractivity contribution is 5.82. The standard InChI is InChI=1S/C17H32N2O6/c1-16(2,3)25-15(22)19-12(14(21)24-7)10-11(13(20)23-6)8-9-17(4,5)18/h11-12H,8-10,18H2,1-7H3,(H,19,22)/t11?,12-/m0/s1. The molecular weight excluding hydrogens is 328 g/mol. The van der Waals surface area contributed by atoms with Gasteiger partial charge in [0.1, 0.15) is 11.6 Å². The molecular formula is C17H32N2O6. The summed E-state index contributed by atoms with van der Waals surface area (Å²) in [4.78, 5) is 36.0. The molecule has 0 aliphatic rings. The fourth-order valence-electron chi connectivity index (χ4n) is 2.14. The molecule has 0 radical (unpaired) electrons. The van der Waals surface area contributed by atoms with E-state index in [2.05, 4.69) is 5.32 Å². The van der Waals surface area contributed by atoms with Crippen LogP contribution in [0.1, 0.15) is 53.9 Å². The number of alkyl carbamates (subject to hydrolysis) is 1. The first-order valence-electron chi connectivity index (χ1n) is 8.23. The Morgan fingerprint density at radius 1 is 1.00 bits per heavy atom. The molecule has 8 heteroatoms. The molecule has 1 amide bonds. The Balaban J connectivity index is 5.12. The van der Waals surface area contributed by atoms with Gasteiger partial charge in [-0.1, -0.05) is 0 Å². The normalized spacial score (nSPS) is 14.2. The van der Waals surface area contributed by atoms with Gasteiger partial charge in [-0.05, 0) is 53.9 Å². The Morgan fingerprint density at radius 2 is 1.52 bits per heavy atom. The van der Waals surface area contributed by atoms with E-state index in [1.807, 2.05) is 13.8 Å². The molecule has 0 aromatic rings. The summed E-state index contributed by atoms with van der Waals surface area (Å²) >= 11 is 0. The van der Waals surface area contributed by atoms with Gasteiger partial charge in [0.05, 0.1) is 20.1 Å². The molecule has 0 heterocycles. The lowest BCUT2D eigenvalue weighted by Gasteiger charge is -2.26. The van der Waals surface area contributed by atoms with Crippen LogP contribution in [0.4, 0.5) is 4.79 Å². The number of nitrogens with two attached hydrogens (primary N) is 1. The average molecular weight is 360 g/mol. The van der Waals surface area contributed by atoms with Crippen LogP contribution in [0.5, 0.6) is 0 Å². The second-order valence-corrected chi connectivity index (χ2v) is 7.71. The van der Waals surface area contributed by atoms with Gasteiger partial charge in [-0.25, -0.2) is 9.59 Å². The van der Waals surface area contributed by atoms with Crippen LogP contribution in [0.15, 0.2) is 0 Å². The lowest BCUT2D eigenvalue weighted by atomic mass is 9.89. The third-order valence-electron chi connectivity index (χ3n) is 3.37. The molecule has 3 N–H and O–H groups in total. The fraction of sp³-hybridized carbons (Fsp3) is 0.824. The summed E-state index contributed by atoms with van der Waals surface area (Å²) in [6.45, 7) is 8.82. The van der Waals surface area contributed by atoms with E-state index in [1.165, 1.54) is 14.2 Å². The molecule has 0 saturated heterocycles. The van der Waals surface area contributed by atoms with Gasteiger partial charge < -0.3 is 25.3 Å². The maximum Gasteiger partial charge on any atom is 0.408 e. The molecule has 0 aliphatic heterocycles. The van der Waals surface area contributed by atoms with E-state index in [0.29, 0.717) is 12.8 Å². The number of ether oxygens (including phenoxy) is 3. The van der Waals surface area contributed by atoms with Crippen molar-refractivity contribution in [3.05, 3.63) is 0 Å². The number of hydrogen-bond donors (Lipinski definition) is 2. The van der Waals surface area contributed by atoms with Crippen LogP contribution in [0.3, 0.4) is 0 Å². The van der Waals surface area contributed by atoms with Crippen molar-refractivity contribution in [1.29, 1.82) is 0 Å². The monoisotopic (exact) mass is 360 g/mol. The Labute approximate surface area is 149 Å². The largest absolute Gasteiger partial charge is 0.469 e. The van der Waals surface area contributed by atoms with E-state index in [9.17, 15) is 14.4 Å². The van der Waals surface area contributed by atoms with Gasteiger partial charge in [0.25, 0.3) is 0 Å². The van der Waals surface area contributed by atoms with E-state index in [1.54, 1.807) is 20.8 Å². The summed E-state index contributed by atoms with van der Waals surface area (Å²) in [7, 11) is 2.49. The Kier molecular flexibility index (Phi) is 8.90. The molecule has 0 rings (SSSR count). The Bertz CT molecular complexity index is 465. The van der Waals surface area contributed by atoms with Crippen molar-refractivity contribution >= 4 is 18.0 Å². The molecule has 0 aromatic heterocycles. The average Bonchev–Trinajstić information content (AvgIpc) is 2.45. The second-order valence-electron chi connectivity index (χ2n) is 7.71. The number of hydrogen-bond acceptors (Lipinski definition) is 7. The maximum atomic E-state index is 12.0. The van der Waals surface area contributed by atoms with E-state index < -0.39 is 41.1 Å². The van der Waals surface area contributed by atoms with Crippen molar-refractivity contribution in [2.24, 2.45) is 11.7 Å². The van der Waals surface area contributed by atoms with Gasteiger partial charge in [0, 0.05) is 5.54 Å². The predicted molar refractivity (Wildman–Crippen MR) is 92.8 cm³/mol. The summed E-state index contributed by atoms with van der Waals surface area (Å²) in [5.74, 6) is -1.73. The lowest BCUT2D eigenvalue weighted by Crippen LogP contribution is -2.46. The zero-order valence-corrected chi connectivity index (χ0v) is 16.3. The zero-order chi connectivity index (χ0) is 19.8. The van der Waals surface area contributed by atoms with Gasteiger partial charge in [-0.15, -0.1) is 0 Å². The van der Waals surface area contributed by atoms with Crippen molar-refractivity contribution in [3.63, 3.8) is 0 Å². The third kappa shape index (κ3) is 10.6. The highest BCUT2D eigenvalue weighted by Gasteiger charge is 2.32. The van der Waals surface area contributed by atoms with E-state index >= 15 is 0 Å². The van der Waals surface area contributed by atoms with Crippen LogP contribution in [-0.2, 0) is 23.8 Å². The van der Waals surface area contributed by atoms with Crippen LogP contribution >= 0.6 is 0 Å². The topological polar surface area (TPSA) is 117 Å². The molecule has 0 fully saturated rings. The van der Waals surface area contributed by atoms with Crippen LogP contribution in [0.25, 0.3) is 0 Å². The van der Waals surface area contributed by atoms with Crippen LogP contribution in [0, 0.1) is 5.92 Å². The molecule has 0 saturated carbocycles. The molecule has 2 atom stereocenters. The van der Waals surface area contributed by atoms with E-state index in [4.69, 9.17) is 19.9 Å². The predicted octanol–water partition coefficient (Wildman–Crippen LogP) is 1.75. The minimum absolute atomic E-state index is 0.0364. The van der Waals surface area contributed by atoms with E-state index in [-0.39, 0.29) is 6.42 Å². The summed E-state index contributed by atoms with van der Waals surface area (Å²) in [5, 5.41) is 2.46. The molecule has 0 aromatic carbocycles. The summed E-state index contributed by atoms with van der Waals surface area (Å²) in [5.41, 5.74) is 4.78. The quantitative estimate of drug-likeness (QED) is 0.500. The minimum atomic E-state index is -1.02. The van der Waals surface area contributed by atoms with Gasteiger partial charge in [-0.3, -0.25) is 4.79 Å². The molecule has 25 heavy (non-hydrogen) atoms. The second kappa shape index (κ2) is 9.60. The lowest BCUT2D eigenvalue weighted by molar-refractivity contribution is -0.148. The first kappa shape index (κ1) is 23.2. The van der Waals surface area contributed by atoms with Crippen molar-refractivity contribution in [3.8, 4) is 0 Å². The number of carbonyl (C=O) groups is 3. The SMILES string of the molecule is COC(=O)C(CCC(C)(C)N)C[C@H](NC(=O)OC(C)(C)C)C(=O)OC. The van der Waals surface area contributed by atoms with Gasteiger partial charge in [0.15, 0.2) is 0 Å². The highest BCUT2D eigenvalue weighted by atomic mass is 16.6. The van der Waals surface area contributed by atoms with Gasteiger partial charge >= 0.3 is 18.0 Å². The smallest absolute Gasteiger partial charge is 0.408 e. The fourth-order valence-corrected chi connectivity index (χ4v) is 2.14. The maximum absolute atomic E-state index is 12.0. The van der Waals surface area contributed by atoms with Gasteiger partial charge in [0.2, 0.25) is 0 Å². The number of amides is 1. The van der Waals surface area contributed by atoms with Crippen LogP contribution < -0.4 is 11.1 Å². The first-order valence-corrected chi connectivity index (χ1v) is 8.23. The number of methoxy groups -OCH3 is 2. The number of rotatable bonds is 8. The first-order chi connectivity index (χ1) is 11.3. The molecule has 1 unspecified atom stereocenters. The number of carbonyl (C=O) groups excluding carboxylic acids is 3. The molecule has 146 valence electrons. The van der Waals surface area contributed by atoms with Crippen molar-refractivity contribution in [2.45, 2.75) is 71.1 Å². The summed E-state index contributed by atoms with van der Waals surface area (Å²) in [6.07, 6.45) is 0.243. The third-order valence-corrected chi connectivity index (χ3v) is 3.37. The number of esters is 2. The molecule has 8 nitrogen and oxygen atoms in total. The van der Waals surface area contributed by atoms with E-state index in [0.717, 1.165) is 0 Å². The highest BCUT2D eigenvalue weighted by Crippen LogP contribution is 2.21. The minimum Gasteiger partial charge on any atom is -0.469 e. The van der Waals surface area contributed by atoms with Crippen LogP contribution in [0.2, 0.25) is 0 Å². The molecule has 0 aliphatic carbocycles.